The fourth-order valence-corrected chi connectivity index (χ4v) is 2.84. The summed E-state index contributed by atoms with van der Waals surface area (Å²) in [6.45, 7) is 2.54. The molecule has 0 saturated carbocycles. The Morgan fingerprint density at radius 3 is 2.85 bits per heavy atom. The summed E-state index contributed by atoms with van der Waals surface area (Å²) in [7, 11) is 5.77. The molecule has 0 bridgehead atoms. The Morgan fingerprint density at radius 1 is 1.45 bits per heavy atom. The molecular formula is C16H24N2O2. The van der Waals surface area contributed by atoms with Gasteiger partial charge in [-0.1, -0.05) is 12.1 Å². The number of carbonyl (C=O) groups excluding carboxylic acids is 1. The second-order valence-electron chi connectivity index (χ2n) is 5.60. The van der Waals surface area contributed by atoms with E-state index in [2.05, 4.69) is 16.8 Å². The van der Waals surface area contributed by atoms with Crippen LogP contribution in [-0.2, 0) is 0 Å². The highest BCUT2D eigenvalue weighted by molar-refractivity contribution is 6.00. The van der Waals surface area contributed by atoms with Crippen LogP contribution in [0.2, 0.25) is 0 Å². The molecule has 1 aromatic rings. The van der Waals surface area contributed by atoms with E-state index in [9.17, 15) is 4.79 Å². The number of likely N-dealkylation sites (tertiary alicyclic amines) is 1. The molecule has 20 heavy (non-hydrogen) atoms. The Labute approximate surface area is 121 Å². The molecule has 2 rings (SSSR count). The van der Waals surface area contributed by atoms with Gasteiger partial charge < -0.3 is 9.64 Å². The zero-order chi connectivity index (χ0) is 14.5. The molecule has 4 heteroatoms. The van der Waals surface area contributed by atoms with Crippen molar-refractivity contribution < 1.29 is 9.53 Å². The predicted octanol–water partition coefficient (Wildman–Crippen LogP) is 1.90. The molecule has 0 N–H and O–H groups in total. The van der Waals surface area contributed by atoms with E-state index in [-0.39, 0.29) is 5.78 Å². The van der Waals surface area contributed by atoms with Crippen LogP contribution in [0.25, 0.3) is 0 Å². The Hall–Kier alpha value is -1.39. The van der Waals surface area contributed by atoms with Crippen molar-refractivity contribution in [2.75, 3.05) is 40.8 Å². The Morgan fingerprint density at radius 2 is 2.20 bits per heavy atom. The van der Waals surface area contributed by atoms with Crippen molar-refractivity contribution in [1.82, 2.24) is 9.80 Å². The van der Waals surface area contributed by atoms with E-state index >= 15 is 0 Å². The number of methoxy groups -OCH3 is 1. The number of benzene rings is 1. The van der Waals surface area contributed by atoms with Crippen LogP contribution >= 0.6 is 0 Å². The van der Waals surface area contributed by atoms with Crippen LogP contribution in [0.15, 0.2) is 24.3 Å². The average Bonchev–Trinajstić information content (AvgIpc) is 2.84. The third-order valence-corrected chi connectivity index (χ3v) is 4.01. The number of Topliss-reactive ketones (excluding diaryl/α,β-unsaturated/α-hetero) is 1. The van der Waals surface area contributed by atoms with Crippen molar-refractivity contribution in [3.8, 4) is 5.75 Å². The molecule has 0 radical (unpaired) electrons. The minimum Gasteiger partial charge on any atom is -0.496 e. The molecule has 1 aromatic carbocycles. The zero-order valence-electron chi connectivity index (χ0n) is 12.6. The van der Waals surface area contributed by atoms with E-state index in [4.69, 9.17) is 4.74 Å². The van der Waals surface area contributed by atoms with Gasteiger partial charge in [0.15, 0.2) is 5.78 Å². The molecular weight excluding hydrogens is 252 g/mol. The van der Waals surface area contributed by atoms with E-state index in [0.717, 1.165) is 6.54 Å². The molecule has 4 nitrogen and oxygen atoms in total. The first-order valence-corrected chi connectivity index (χ1v) is 7.17. The Balaban J connectivity index is 1.93. The SMILES string of the molecule is COc1ccccc1C(=O)CN(C)CC1CCCN1C. The molecule has 1 aliphatic rings. The van der Waals surface area contributed by atoms with Crippen molar-refractivity contribution in [1.29, 1.82) is 0 Å². The Bertz CT molecular complexity index is 462. The lowest BCUT2D eigenvalue weighted by atomic mass is 10.1. The van der Waals surface area contributed by atoms with Gasteiger partial charge in [-0.05, 0) is 45.6 Å². The molecule has 1 atom stereocenters. The van der Waals surface area contributed by atoms with E-state index < -0.39 is 0 Å². The fourth-order valence-electron chi connectivity index (χ4n) is 2.84. The van der Waals surface area contributed by atoms with Crippen molar-refractivity contribution in [3.05, 3.63) is 29.8 Å². The Kier molecular flexibility index (Phi) is 5.15. The summed E-state index contributed by atoms with van der Waals surface area (Å²) in [6, 6.07) is 7.99. The van der Waals surface area contributed by atoms with E-state index in [1.165, 1.54) is 19.4 Å². The van der Waals surface area contributed by atoms with Gasteiger partial charge in [0.1, 0.15) is 5.75 Å². The van der Waals surface area contributed by atoms with Crippen LogP contribution in [0.5, 0.6) is 5.75 Å². The normalized spacial score (nSPS) is 19.5. The maximum atomic E-state index is 12.4. The highest BCUT2D eigenvalue weighted by Gasteiger charge is 2.23. The van der Waals surface area contributed by atoms with Gasteiger partial charge in [-0.25, -0.2) is 0 Å². The minimum absolute atomic E-state index is 0.116. The summed E-state index contributed by atoms with van der Waals surface area (Å²) < 4.78 is 5.25. The van der Waals surface area contributed by atoms with E-state index in [1.54, 1.807) is 7.11 Å². The first-order valence-electron chi connectivity index (χ1n) is 7.17. The number of nitrogens with zero attached hydrogens (tertiary/aromatic N) is 2. The van der Waals surface area contributed by atoms with E-state index in [0.29, 0.717) is 23.9 Å². The molecule has 1 saturated heterocycles. The standard InChI is InChI=1S/C16H24N2O2/c1-17(11-13-7-6-10-18(13)2)12-15(19)14-8-4-5-9-16(14)20-3/h4-5,8-9,13H,6-7,10-12H2,1-3H3. The summed E-state index contributed by atoms with van der Waals surface area (Å²) in [6.07, 6.45) is 2.49. The van der Waals surface area contributed by atoms with Gasteiger partial charge in [0.2, 0.25) is 0 Å². The van der Waals surface area contributed by atoms with Gasteiger partial charge in [0, 0.05) is 12.6 Å². The van der Waals surface area contributed by atoms with Crippen molar-refractivity contribution in [2.24, 2.45) is 0 Å². The van der Waals surface area contributed by atoms with Crippen molar-refractivity contribution in [3.63, 3.8) is 0 Å². The molecule has 0 amide bonds. The molecule has 1 aliphatic heterocycles. The highest BCUT2D eigenvalue weighted by Crippen LogP contribution is 2.19. The molecule has 1 unspecified atom stereocenters. The van der Waals surface area contributed by atoms with Gasteiger partial charge in [-0.3, -0.25) is 9.69 Å². The van der Waals surface area contributed by atoms with Crippen LogP contribution in [0.3, 0.4) is 0 Å². The van der Waals surface area contributed by atoms with E-state index in [1.807, 2.05) is 31.3 Å². The van der Waals surface area contributed by atoms with Crippen LogP contribution in [0.1, 0.15) is 23.2 Å². The topological polar surface area (TPSA) is 32.8 Å². The highest BCUT2D eigenvalue weighted by atomic mass is 16.5. The molecule has 1 heterocycles. The molecule has 0 aliphatic carbocycles. The van der Waals surface area contributed by atoms with Crippen LogP contribution < -0.4 is 4.74 Å². The summed E-state index contributed by atoms with van der Waals surface area (Å²) in [4.78, 5) is 16.8. The molecule has 0 spiro atoms. The number of carbonyl (C=O) groups is 1. The van der Waals surface area contributed by atoms with Crippen LogP contribution in [-0.4, -0.2) is 62.5 Å². The van der Waals surface area contributed by atoms with Gasteiger partial charge in [-0.15, -0.1) is 0 Å². The first-order chi connectivity index (χ1) is 9.61. The van der Waals surface area contributed by atoms with Crippen LogP contribution in [0.4, 0.5) is 0 Å². The lowest BCUT2D eigenvalue weighted by Crippen LogP contribution is -2.38. The van der Waals surface area contributed by atoms with Gasteiger partial charge in [0.05, 0.1) is 19.2 Å². The maximum absolute atomic E-state index is 12.4. The van der Waals surface area contributed by atoms with Gasteiger partial charge in [0.25, 0.3) is 0 Å². The third kappa shape index (κ3) is 3.58. The number of para-hydroxylation sites is 1. The number of ketones is 1. The monoisotopic (exact) mass is 276 g/mol. The number of ether oxygens (including phenoxy) is 1. The number of hydrogen-bond donors (Lipinski definition) is 0. The minimum atomic E-state index is 0.116. The second-order valence-corrected chi connectivity index (χ2v) is 5.60. The number of likely N-dealkylation sites (N-methyl/N-ethyl adjacent to an activating group) is 2. The molecule has 1 fully saturated rings. The van der Waals surface area contributed by atoms with Crippen molar-refractivity contribution >= 4 is 5.78 Å². The maximum Gasteiger partial charge on any atom is 0.180 e. The number of rotatable bonds is 6. The average molecular weight is 276 g/mol. The molecule has 0 aromatic heterocycles. The fraction of sp³-hybridized carbons (Fsp3) is 0.562. The zero-order valence-corrected chi connectivity index (χ0v) is 12.6. The summed E-state index contributed by atoms with van der Waals surface area (Å²) in [5.74, 6) is 0.773. The van der Waals surface area contributed by atoms with Crippen LogP contribution in [0, 0.1) is 0 Å². The second kappa shape index (κ2) is 6.86. The summed E-state index contributed by atoms with van der Waals surface area (Å²) in [5.41, 5.74) is 0.668. The third-order valence-electron chi connectivity index (χ3n) is 4.01. The smallest absolute Gasteiger partial charge is 0.180 e. The van der Waals surface area contributed by atoms with Crippen molar-refractivity contribution in [2.45, 2.75) is 18.9 Å². The van der Waals surface area contributed by atoms with Gasteiger partial charge >= 0.3 is 0 Å². The predicted molar refractivity (Wildman–Crippen MR) is 80.5 cm³/mol. The lowest BCUT2D eigenvalue weighted by molar-refractivity contribution is 0.0929. The number of hydrogen-bond acceptors (Lipinski definition) is 4. The largest absolute Gasteiger partial charge is 0.496 e. The summed E-state index contributed by atoms with van der Waals surface area (Å²) in [5, 5.41) is 0. The summed E-state index contributed by atoms with van der Waals surface area (Å²) >= 11 is 0. The quantitative estimate of drug-likeness (QED) is 0.743. The van der Waals surface area contributed by atoms with Gasteiger partial charge in [-0.2, -0.15) is 0 Å². The molecule has 110 valence electrons. The first kappa shape index (κ1) is 15.0. The lowest BCUT2D eigenvalue weighted by Gasteiger charge is -2.25.